The number of carboxylic acid groups (broad SMARTS) is 1. The van der Waals surface area contributed by atoms with Gasteiger partial charge in [0.1, 0.15) is 0 Å². The third-order valence-electron chi connectivity index (χ3n) is 3.10. The van der Waals surface area contributed by atoms with Gasteiger partial charge in [-0.15, -0.1) is 0 Å². The van der Waals surface area contributed by atoms with E-state index in [1.165, 1.54) is 11.8 Å². The molecule has 0 aromatic heterocycles. The maximum atomic E-state index is 12.1. The average Bonchev–Trinajstić information content (AvgIpc) is 2.56. The first-order valence-corrected chi connectivity index (χ1v) is 7.11. The van der Waals surface area contributed by atoms with E-state index in [1.54, 1.807) is 26.0 Å². The molecular formula is C16H15NO3S. The number of fused-ring (bicyclic) bond motifs is 1. The Morgan fingerprint density at radius 1 is 1.38 bits per heavy atom. The molecule has 0 radical (unpaired) electrons. The van der Waals surface area contributed by atoms with Gasteiger partial charge in [0.25, 0.3) is 5.91 Å². The van der Waals surface area contributed by atoms with Crippen molar-refractivity contribution >= 4 is 23.6 Å². The van der Waals surface area contributed by atoms with Gasteiger partial charge in [-0.3, -0.25) is 4.79 Å². The second kappa shape index (κ2) is 6.01. The minimum absolute atomic E-state index is 0.0414. The molecule has 2 N–H and O–H groups in total. The first-order chi connectivity index (χ1) is 9.90. The van der Waals surface area contributed by atoms with Crippen LogP contribution in [0.2, 0.25) is 0 Å². The summed E-state index contributed by atoms with van der Waals surface area (Å²) in [5, 5.41) is 11.8. The van der Waals surface area contributed by atoms with Gasteiger partial charge >= 0.3 is 5.97 Å². The molecule has 21 heavy (non-hydrogen) atoms. The summed E-state index contributed by atoms with van der Waals surface area (Å²) in [7, 11) is 0. The van der Waals surface area contributed by atoms with Crippen LogP contribution in [0.4, 0.5) is 0 Å². The fourth-order valence-electron chi connectivity index (χ4n) is 1.83. The van der Waals surface area contributed by atoms with Crippen molar-refractivity contribution in [1.29, 1.82) is 0 Å². The fraction of sp³-hybridized carbons (Fsp3) is 0.125. The summed E-state index contributed by atoms with van der Waals surface area (Å²) in [6.07, 6.45) is 1.73. The zero-order valence-electron chi connectivity index (χ0n) is 11.8. The van der Waals surface area contributed by atoms with Crippen LogP contribution in [0.25, 0.3) is 0 Å². The molecule has 0 saturated heterocycles. The Kier molecular flexibility index (Phi) is 4.33. The molecule has 1 aromatic carbocycles. The third kappa shape index (κ3) is 3.25. The summed E-state index contributed by atoms with van der Waals surface area (Å²) < 4.78 is 0. The molecule has 1 aromatic rings. The highest BCUT2D eigenvalue weighted by molar-refractivity contribution is 8.03. The molecule has 2 rings (SSSR count). The van der Waals surface area contributed by atoms with Crippen LogP contribution in [-0.4, -0.2) is 17.0 Å². The molecule has 0 fully saturated rings. The number of aliphatic carboxylic acids is 1. The van der Waals surface area contributed by atoms with Gasteiger partial charge in [0.15, 0.2) is 0 Å². The number of allylic oxidation sites excluding steroid dienone is 2. The molecule has 0 bridgehead atoms. The number of carbonyl (C=O) groups excluding carboxylic acids is 1. The van der Waals surface area contributed by atoms with Crippen molar-refractivity contribution in [3.05, 3.63) is 64.2 Å². The van der Waals surface area contributed by atoms with Crippen LogP contribution in [0.3, 0.4) is 0 Å². The van der Waals surface area contributed by atoms with Gasteiger partial charge in [-0.05, 0) is 37.6 Å². The van der Waals surface area contributed by atoms with E-state index in [4.69, 9.17) is 5.11 Å². The second-order valence-corrected chi connectivity index (χ2v) is 5.74. The first-order valence-electron chi connectivity index (χ1n) is 6.30. The number of carboxylic acids is 1. The number of amides is 1. The average molecular weight is 301 g/mol. The Morgan fingerprint density at radius 3 is 2.71 bits per heavy atom. The number of benzene rings is 1. The Balaban J connectivity index is 2.43. The Morgan fingerprint density at radius 2 is 2.05 bits per heavy atom. The Bertz CT molecular complexity index is 701. The highest BCUT2D eigenvalue weighted by Gasteiger charge is 2.19. The maximum Gasteiger partial charge on any atom is 0.335 e. The van der Waals surface area contributed by atoms with Crippen molar-refractivity contribution in [2.75, 3.05) is 0 Å². The van der Waals surface area contributed by atoms with Crippen molar-refractivity contribution in [3.8, 4) is 0 Å². The van der Waals surface area contributed by atoms with E-state index in [0.29, 0.717) is 16.8 Å². The molecule has 0 saturated carbocycles. The number of hydrogen-bond acceptors (Lipinski definition) is 3. The molecule has 1 heterocycles. The highest BCUT2D eigenvalue weighted by Crippen LogP contribution is 2.35. The maximum absolute atomic E-state index is 12.1. The van der Waals surface area contributed by atoms with E-state index in [9.17, 15) is 9.59 Å². The monoisotopic (exact) mass is 301 g/mol. The second-order valence-electron chi connectivity index (χ2n) is 4.65. The number of rotatable bonds is 3. The molecule has 1 aliphatic heterocycles. The van der Waals surface area contributed by atoms with Crippen LogP contribution in [-0.2, 0) is 4.79 Å². The summed E-state index contributed by atoms with van der Waals surface area (Å²) in [5.41, 5.74) is 1.90. The summed E-state index contributed by atoms with van der Waals surface area (Å²) in [6, 6.07) is 7.31. The summed E-state index contributed by atoms with van der Waals surface area (Å²) >= 11 is 1.43. The number of carbonyl (C=O) groups is 2. The summed E-state index contributed by atoms with van der Waals surface area (Å²) in [5.74, 6) is -1.21. The van der Waals surface area contributed by atoms with Gasteiger partial charge in [-0.2, -0.15) is 0 Å². The van der Waals surface area contributed by atoms with E-state index in [0.717, 1.165) is 9.80 Å². The zero-order valence-corrected chi connectivity index (χ0v) is 12.6. The largest absolute Gasteiger partial charge is 0.478 e. The van der Waals surface area contributed by atoms with Gasteiger partial charge < -0.3 is 10.4 Å². The highest BCUT2D eigenvalue weighted by atomic mass is 32.2. The number of thioether (sulfide) groups is 1. The Hall–Kier alpha value is -2.27. The van der Waals surface area contributed by atoms with Crippen molar-refractivity contribution < 1.29 is 14.7 Å². The number of hydrogen-bond donors (Lipinski definition) is 2. The van der Waals surface area contributed by atoms with Crippen molar-refractivity contribution in [3.63, 3.8) is 0 Å². The minimum Gasteiger partial charge on any atom is -0.478 e. The summed E-state index contributed by atoms with van der Waals surface area (Å²) in [4.78, 5) is 24.7. The zero-order chi connectivity index (χ0) is 15.6. The smallest absolute Gasteiger partial charge is 0.335 e. The third-order valence-corrected chi connectivity index (χ3v) is 4.32. The molecule has 0 aliphatic carbocycles. The lowest BCUT2D eigenvalue weighted by Gasteiger charge is -2.07. The van der Waals surface area contributed by atoms with Crippen molar-refractivity contribution in [2.45, 2.75) is 18.7 Å². The van der Waals surface area contributed by atoms with Crippen LogP contribution in [0.15, 0.2) is 63.6 Å². The first kappa shape index (κ1) is 15.1. The molecule has 0 atom stereocenters. The fourth-order valence-corrected chi connectivity index (χ4v) is 2.92. The van der Waals surface area contributed by atoms with Crippen LogP contribution < -0.4 is 5.32 Å². The lowest BCUT2D eigenvalue weighted by molar-refractivity contribution is -0.132. The van der Waals surface area contributed by atoms with Crippen LogP contribution in [0, 0.1) is 0 Å². The standard InChI is InChI=1S/C16H15NO3S/c1-9(10(2)16(19)20)8-14-11(3)17-15(18)12-6-4-5-7-13(12)21-14/h4-8H,2H2,1,3H3,(H,17,18)(H,19,20)/b9-8-. The predicted molar refractivity (Wildman–Crippen MR) is 83.0 cm³/mol. The SMILES string of the molecule is C=C(C(=O)O)/C(C)=C\C1=C(C)NC(=O)c2ccccc2S1. The molecule has 4 nitrogen and oxygen atoms in total. The van der Waals surface area contributed by atoms with Crippen LogP contribution in [0.5, 0.6) is 0 Å². The van der Waals surface area contributed by atoms with Crippen molar-refractivity contribution in [2.24, 2.45) is 0 Å². The molecule has 1 aliphatic rings. The van der Waals surface area contributed by atoms with E-state index in [2.05, 4.69) is 11.9 Å². The molecule has 0 unspecified atom stereocenters. The topological polar surface area (TPSA) is 66.4 Å². The van der Waals surface area contributed by atoms with E-state index >= 15 is 0 Å². The Labute approximate surface area is 127 Å². The number of nitrogens with one attached hydrogen (secondary N) is 1. The normalized spacial score (nSPS) is 15.1. The quantitative estimate of drug-likeness (QED) is 0.664. The molecule has 108 valence electrons. The molecule has 1 amide bonds. The van der Waals surface area contributed by atoms with E-state index < -0.39 is 5.97 Å². The predicted octanol–water partition coefficient (Wildman–Crippen LogP) is 3.34. The molecule has 5 heteroatoms. The summed E-state index contributed by atoms with van der Waals surface area (Å²) in [6.45, 7) is 7.02. The van der Waals surface area contributed by atoms with Gasteiger partial charge in [0.2, 0.25) is 0 Å². The van der Waals surface area contributed by atoms with E-state index in [1.807, 2.05) is 18.2 Å². The van der Waals surface area contributed by atoms with E-state index in [-0.39, 0.29) is 11.5 Å². The van der Waals surface area contributed by atoms with Crippen LogP contribution in [0.1, 0.15) is 24.2 Å². The van der Waals surface area contributed by atoms with Gasteiger partial charge in [0, 0.05) is 15.5 Å². The van der Waals surface area contributed by atoms with Gasteiger partial charge in [-0.1, -0.05) is 30.5 Å². The van der Waals surface area contributed by atoms with Crippen molar-refractivity contribution in [1.82, 2.24) is 5.32 Å². The van der Waals surface area contributed by atoms with Crippen LogP contribution >= 0.6 is 11.8 Å². The van der Waals surface area contributed by atoms with Gasteiger partial charge in [-0.25, -0.2) is 4.79 Å². The van der Waals surface area contributed by atoms with Gasteiger partial charge in [0.05, 0.1) is 11.1 Å². The lowest BCUT2D eigenvalue weighted by Crippen LogP contribution is -2.21. The minimum atomic E-state index is -1.05. The molecule has 0 spiro atoms. The lowest BCUT2D eigenvalue weighted by atomic mass is 10.1. The molecular weight excluding hydrogens is 286 g/mol.